The van der Waals surface area contributed by atoms with Crippen LogP contribution in [0.15, 0.2) is 18.3 Å². The number of pyridine rings is 1. The Morgan fingerprint density at radius 3 is 2.75 bits per heavy atom. The molecule has 2 N–H and O–H groups in total. The van der Waals surface area contributed by atoms with Crippen LogP contribution in [-0.2, 0) is 0 Å². The number of amides is 1. The van der Waals surface area contributed by atoms with E-state index in [1.54, 1.807) is 25.4 Å². The second kappa shape index (κ2) is 7.88. The van der Waals surface area contributed by atoms with Gasteiger partial charge in [-0.05, 0) is 24.0 Å². The van der Waals surface area contributed by atoms with Crippen LogP contribution in [0.2, 0.25) is 0 Å². The molecular weight excluding hydrogens is 250 g/mol. The van der Waals surface area contributed by atoms with Crippen LogP contribution in [0.5, 0.6) is 0 Å². The van der Waals surface area contributed by atoms with Crippen LogP contribution in [0.3, 0.4) is 0 Å². The van der Waals surface area contributed by atoms with Gasteiger partial charge in [-0.3, -0.25) is 4.79 Å². The van der Waals surface area contributed by atoms with Crippen LogP contribution in [0, 0.1) is 5.41 Å². The summed E-state index contributed by atoms with van der Waals surface area (Å²) in [6.07, 6.45) is 6.51. The number of hydrogen-bond donors (Lipinski definition) is 2. The van der Waals surface area contributed by atoms with Gasteiger partial charge in [-0.15, -0.1) is 0 Å². The van der Waals surface area contributed by atoms with E-state index in [0.29, 0.717) is 17.9 Å². The smallest absolute Gasteiger partial charge is 0.255 e. The minimum absolute atomic E-state index is 0.0639. The third kappa shape index (κ3) is 5.19. The van der Waals surface area contributed by atoms with E-state index in [0.717, 1.165) is 6.42 Å². The van der Waals surface area contributed by atoms with Crippen molar-refractivity contribution in [3.63, 3.8) is 0 Å². The Balaban J connectivity index is 2.54. The monoisotopic (exact) mass is 277 g/mol. The average Bonchev–Trinajstić information content (AvgIpc) is 2.45. The van der Waals surface area contributed by atoms with Gasteiger partial charge in [-0.2, -0.15) is 0 Å². The van der Waals surface area contributed by atoms with E-state index in [1.165, 1.54) is 19.3 Å². The zero-order valence-electron chi connectivity index (χ0n) is 13.1. The molecule has 0 radical (unpaired) electrons. The van der Waals surface area contributed by atoms with E-state index < -0.39 is 0 Å². The van der Waals surface area contributed by atoms with Crippen LogP contribution < -0.4 is 10.6 Å². The lowest BCUT2D eigenvalue weighted by Gasteiger charge is -2.25. The van der Waals surface area contributed by atoms with Crippen molar-refractivity contribution in [1.82, 2.24) is 10.3 Å². The minimum atomic E-state index is -0.0639. The van der Waals surface area contributed by atoms with Gasteiger partial charge in [0, 0.05) is 19.8 Å². The summed E-state index contributed by atoms with van der Waals surface area (Å²) in [6.45, 7) is 7.29. The number of hydrogen-bond acceptors (Lipinski definition) is 3. The maximum Gasteiger partial charge on any atom is 0.255 e. The molecule has 0 unspecified atom stereocenters. The molecule has 112 valence electrons. The van der Waals surface area contributed by atoms with Crippen molar-refractivity contribution in [2.75, 3.05) is 18.9 Å². The fourth-order valence-electron chi connectivity index (χ4n) is 2.14. The van der Waals surface area contributed by atoms with E-state index in [9.17, 15) is 4.79 Å². The summed E-state index contributed by atoms with van der Waals surface area (Å²) in [5.41, 5.74) is 0.728. The Bertz CT molecular complexity index is 429. The molecule has 0 spiro atoms. The molecule has 0 aromatic carbocycles. The number of carbonyl (C=O) groups excluding carboxylic acids is 1. The van der Waals surface area contributed by atoms with Gasteiger partial charge < -0.3 is 10.6 Å². The molecule has 1 rings (SSSR count). The van der Waals surface area contributed by atoms with Crippen LogP contribution in [0.1, 0.15) is 56.8 Å². The van der Waals surface area contributed by atoms with Crippen molar-refractivity contribution in [3.05, 3.63) is 23.9 Å². The number of nitrogens with one attached hydrogen (secondary N) is 2. The predicted molar refractivity (Wildman–Crippen MR) is 84.0 cm³/mol. The maximum atomic E-state index is 12.2. The molecule has 0 saturated carbocycles. The fraction of sp³-hybridized carbons (Fsp3) is 0.625. The Morgan fingerprint density at radius 2 is 2.10 bits per heavy atom. The molecule has 4 nitrogen and oxygen atoms in total. The Kier molecular flexibility index (Phi) is 6.49. The summed E-state index contributed by atoms with van der Waals surface area (Å²) >= 11 is 0. The molecule has 0 bridgehead atoms. The number of anilines is 1. The highest BCUT2D eigenvalue weighted by atomic mass is 16.1. The molecule has 0 aliphatic carbocycles. The quantitative estimate of drug-likeness (QED) is 0.715. The molecule has 0 aliphatic heterocycles. The Labute approximate surface area is 122 Å². The van der Waals surface area contributed by atoms with Gasteiger partial charge in [0.25, 0.3) is 5.91 Å². The van der Waals surface area contributed by atoms with Gasteiger partial charge >= 0.3 is 0 Å². The van der Waals surface area contributed by atoms with E-state index in [-0.39, 0.29) is 11.3 Å². The molecular formula is C16H27N3O. The zero-order valence-corrected chi connectivity index (χ0v) is 13.1. The van der Waals surface area contributed by atoms with Crippen LogP contribution in [0.4, 0.5) is 5.82 Å². The van der Waals surface area contributed by atoms with E-state index >= 15 is 0 Å². The second-order valence-electron chi connectivity index (χ2n) is 5.95. The summed E-state index contributed by atoms with van der Waals surface area (Å²) in [7, 11) is 1.77. The van der Waals surface area contributed by atoms with Crippen molar-refractivity contribution in [2.45, 2.75) is 46.5 Å². The normalized spacial score (nSPS) is 11.2. The van der Waals surface area contributed by atoms with Crippen molar-refractivity contribution < 1.29 is 4.79 Å². The number of nitrogens with zero attached hydrogens (tertiary/aromatic N) is 1. The zero-order chi connectivity index (χ0) is 15.0. The molecule has 0 saturated heterocycles. The van der Waals surface area contributed by atoms with Gasteiger partial charge in [-0.1, -0.05) is 40.0 Å². The summed E-state index contributed by atoms with van der Waals surface area (Å²) in [5.74, 6) is 0.555. The third-order valence-electron chi connectivity index (χ3n) is 3.47. The predicted octanol–water partition coefficient (Wildman–Crippen LogP) is 3.46. The largest absolute Gasteiger partial charge is 0.372 e. The van der Waals surface area contributed by atoms with Crippen molar-refractivity contribution >= 4 is 11.7 Å². The lowest BCUT2D eigenvalue weighted by Crippen LogP contribution is -2.34. The SMILES string of the molecule is CCCCCC(C)(C)CNC(=O)c1cccnc1NC. The van der Waals surface area contributed by atoms with E-state index in [4.69, 9.17) is 0 Å². The summed E-state index contributed by atoms with van der Waals surface area (Å²) in [5, 5.41) is 5.97. The van der Waals surface area contributed by atoms with Crippen LogP contribution in [-0.4, -0.2) is 24.5 Å². The number of rotatable bonds is 8. The number of unbranched alkanes of at least 4 members (excludes halogenated alkanes) is 2. The van der Waals surface area contributed by atoms with Crippen molar-refractivity contribution in [3.8, 4) is 0 Å². The van der Waals surface area contributed by atoms with Crippen molar-refractivity contribution in [2.24, 2.45) is 5.41 Å². The average molecular weight is 277 g/mol. The first-order valence-electron chi connectivity index (χ1n) is 7.41. The van der Waals surface area contributed by atoms with Gasteiger partial charge in [0.05, 0.1) is 5.56 Å². The molecule has 20 heavy (non-hydrogen) atoms. The van der Waals surface area contributed by atoms with Crippen molar-refractivity contribution in [1.29, 1.82) is 0 Å². The number of aromatic nitrogens is 1. The highest BCUT2D eigenvalue weighted by Crippen LogP contribution is 2.23. The Hall–Kier alpha value is -1.58. The fourth-order valence-corrected chi connectivity index (χ4v) is 2.14. The highest BCUT2D eigenvalue weighted by Gasteiger charge is 2.19. The van der Waals surface area contributed by atoms with Gasteiger partial charge in [0.15, 0.2) is 0 Å². The molecule has 0 fully saturated rings. The first-order chi connectivity index (χ1) is 9.50. The molecule has 0 atom stereocenters. The van der Waals surface area contributed by atoms with Crippen LogP contribution >= 0.6 is 0 Å². The van der Waals surface area contributed by atoms with E-state index in [1.807, 2.05) is 0 Å². The maximum absolute atomic E-state index is 12.2. The second-order valence-corrected chi connectivity index (χ2v) is 5.95. The number of carbonyl (C=O) groups is 1. The van der Waals surface area contributed by atoms with Crippen LogP contribution in [0.25, 0.3) is 0 Å². The third-order valence-corrected chi connectivity index (χ3v) is 3.47. The highest BCUT2D eigenvalue weighted by molar-refractivity contribution is 5.98. The van der Waals surface area contributed by atoms with Gasteiger partial charge in [0.2, 0.25) is 0 Å². The van der Waals surface area contributed by atoms with Gasteiger partial charge in [-0.25, -0.2) is 4.98 Å². The van der Waals surface area contributed by atoms with Gasteiger partial charge in [0.1, 0.15) is 5.82 Å². The lowest BCUT2D eigenvalue weighted by molar-refractivity contribution is 0.0934. The molecule has 1 aromatic heterocycles. The topological polar surface area (TPSA) is 54.0 Å². The molecule has 0 aliphatic rings. The summed E-state index contributed by atoms with van der Waals surface area (Å²) in [6, 6.07) is 3.57. The lowest BCUT2D eigenvalue weighted by atomic mass is 9.87. The molecule has 1 heterocycles. The molecule has 1 amide bonds. The summed E-state index contributed by atoms with van der Waals surface area (Å²) in [4.78, 5) is 16.4. The Morgan fingerprint density at radius 1 is 1.35 bits per heavy atom. The molecule has 4 heteroatoms. The minimum Gasteiger partial charge on any atom is -0.372 e. The first-order valence-corrected chi connectivity index (χ1v) is 7.41. The van der Waals surface area contributed by atoms with E-state index in [2.05, 4.69) is 36.4 Å². The first kappa shape index (κ1) is 16.5. The summed E-state index contributed by atoms with van der Waals surface area (Å²) < 4.78 is 0. The molecule has 1 aromatic rings. The standard InChI is InChI=1S/C16H27N3O/c1-5-6-7-10-16(2,3)12-19-15(20)13-9-8-11-18-14(13)17-4/h8-9,11H,5-7,10,12H2,1-4H3,(H,17,18)(H,19,20).